The van der Waals surface area contributed by atoms with E-state index in [0.29, 0.717) is 33.7 Å². The summed E-state index contributed by atoms with van der Waals surface area (Å²) in [6.45, 7) is 14.7. The molecule has 218 valence electrons. The number of amides is 1. The number of nitrogens with zero attached hydrogens (tertiary/aromatic N) is 3. The molecule has 0 spiro atoms. The van der Waals surface area contributed by atoms with E-state index in [-0.39, 0.29) is 24.6 Å². The first-order valence-electron chi connectivity index (χ1n) is 13.3. The molecule has 10 heteroatoms. The fourth-order valence-corrected chi connectivity index (χ4v) is 4.52. The molecule has 0 saturated heterocycles. The van der Waals surface area contributed by atoms with E-state index in [0.717, 1.165) is 5.56 Å². The average molecular weight is 573 g/mol. The number of aryl methyl sites for hydroxylation is 1. The van der Waals surface area contributed by atoms with Crippen molar-refractivity contribution in [2.45, 2.75) is 45.9 Å². The second-order valence-corrected chi connectivity index (χ2v) is 10.5. The van der Waals surface area contributed by atoms with Gasteiger partial charge in [0.25, 0.3) is 5.91 Å². The molecule has 0 aliphatic rings. The van der Waals surface area contributed by atoms with Gasteiger partial charge in [-0.1, -0.05) is 55.6 Å². The Labute approximate surface area is 243 Å². The first kappa shape index (κ1) is 30.1. The number of aliphatic carboxylic acids is 1. The molecule has 2 N–H and O–H groups in total. The topological polar surface area (TPSA) is 115 Å². The van der Waals surface area contributed by atoms with Gasteiger partial charge < -0.3 is 19.9 Å². The predicted molar refractivity (Wildman–Crippen MR) is 158 cm³/mol. The van der Waals surface area contributed by atoms with Gasteiger partial charge >= 0.3 is 5.97 Å². The quantitative estimate of drug-likeness (QED) is 0.214. The van der Waals surface area contributed by atoms with Gasteiger partial charge in [-0.05, 0) is 39.3 Å². The van der Waals surface area contributed by atoms with Crippen LogP contribution in [0.4, 0.5) is 4.39 Å². The Kier molecular flexibility index (Phi) is 8.87. The molecular weight excluding hydrogens is 539 g/mol. The van der Waals surface area contributed by atoms with Crippen molar-refractivity contribution in [3.05, 3.63) is 102 Å². The third-order valence-electron chi connectivity index (χ3n) is 6.28. The van der Waals surface area contributed by atoms with Crippen LogP contribution in [0, 0.1) is 12.7 Å². The number of hydrogen-bond donors (Lipinski definition) is 2. The molecule has 1 amide bonds. The zero-order valence-electron chi connectivity index (χ0n) is 24.0. The van der Waals surface area contributed by atoms with Crippen LogP contribution in [0.15, 0.2) is 67.8 Å². The molecule has 2 heterocycles. The monoisotopic (exact) mass is 572 g/mol. The molecule has 4 aromatic rings. The predicted octanol–water partition coefficient (Wildman–Crippen LogP) is 5.92. The maximum Gasteiger partial charge on any atom is 0.337 e. The van der Waals surface area contributed by atoms with Gasteiger partial charge in [0.05, 0.1) is 11.3 Å². The van der Waals surface area contributed by atoms with E-state index in [2.05, 4.69) is 28.6 Å². The van der Waals surface area contributed by atoms with Crippen LogP contribution in [0.5, 0.6) is 5.75 Å². The summed E-state index contributed by atoms with van der Waals surface area (Å²) in [5.74, 6) is -1.88. The number of benzene rings is 2. The number of aromatic nitrogens is 3. The van der Waals surface area contributed by atoms with Gasteiger partial charge in [-0.15, -0.1) is 0 Å². The van der Waals surface area contributed by atoms with Crippen molar-refractivity contribution >= 4 is 23.6 Å². The summed E-state index contributed by atoms with van der Waals surface area (Å²) in [6, 6.07) is 12.9. The van der Waals surface area contributed by atoms with Crippen LogP contribution in [0.3, 0.4) is 0 Å². The van der Waals surface area contributed by atoms with Gasteiger partial charge in [-0.25, -0.2) is 18.7 Å². The average Bonchev–Trinajstić information content (AvgIpc) is 3.36. The summed E-state index contributed by atoms with van der Waals surface area (Å²) >= 11 is 0. The Balaban J connectivity index is 1.82. The summed E-state index contributed by atoms with van der Waals surface area (Å²) in [4.78, 5) is 30.4. The summed E-state index contributed by atoms with van der Waals surface area (Å²) in [7, 11) is 0. The highest BCUT2D eigenvalue weighted by Gasteiger charge is 2.33. The van der Waals surface area contributed by atoms with Crippen LogP contribution in [-0.4, -0.2) is 43.8 Å². The van der Waals surface area contributed by atoms with Crippen LogP contribution in [0.25, 0.3) is 23.0 Å². The van der Waals surface area contributed by atoms with Crippen molar-refractivity contribution in [3.8, 4) is 17.0 Å². The van der Waals surface area contributed by atoms with E-state index in [4.69, 9.17) is 9.47 Å². The Hall–Kier alpha value is -4.83. The molecule has 2 aromatic carbocycles. The van der Waals surface area contributed by atoms with Crippen molar-refractivity contribution in [3.63, 3.8) is 0 Å². The van der Waals surface area contributed by atoms with Crippen LogP contribution >= 0.6 is 0 Å². The van der Waals surface area contributed by atoms with Crippen LogP contribution in [0.1, 0.15) is 59.7 Å². The standard InChI is InChI=1S/C32H33FN4O5/c1-7-15-41-25-16-22(33)14-13-21(25)18-34-30(38)24-17-26-35-19(3)27(29(31(39)40)42-32(4,5)6)28(37(26)36-24)23-12-10-9-11-20(23)8-2/h7-14,16-17,29H,1-2,15,18H2,3-6H3,(H,34,38)(H,39,40). The summed E-state index contributed by atoms with van der Waals surface area (Å²) in [5.41, 5.74) is 2.69. The van der Waals surface area contributed by atoms with Crippen LogP contribution in [-0.2, 0) is 16.1 Å². The van der Waals surface area contributed by atoms with Gasteiger partial charge in [-0.2, -0.15) is 5.10 Å². The number of carbonyl (C=O) groups is 2. The minimum absolute atomic E-state index is 0.0455. The SMILES string of the molecule is C=CCOc1cc(F)ccc1CNC(=O)c1cc2nc(C)c(C(OC(C)(C)C)C(=O)O)c(-c3ccccc3C=C)n2n1. The van der Waals surface area contributed by atoms with Crippen molar-refractivity contribution in [1.29, 1.82) is 0 Å². The Bertz CT molecular complexity index is 1670. The van der Waals surface area contributed by atoms with Crippen molar-refractivity contribution in [2.24, 2.45) is 0 Å². The van der Waals surface area contributed by atoms with E-state index < -0.39 is 29.4 Å². The van der Waals surface area contributed by atoms with Crippen LogP contribution < -0.4 is 10.1 Å². The number of fused-ring (bicyclic) bond motifs is 1. The maximum absolute atomic E-state index is 13.8. The lowest BCUT2D eigenvalue weighted by atomic mass is 9.95. The lowest BCUT2D eigenvalue weighted by molar-refractivity contribution is -0.160. The summed E-state index contributed by atoms with van der Waals surface area (Å²) in [6.07, 6.45) is 1.83. The minimum Gasteiger partial charge on any atom is -0.489 e. The number of carboxylic acid groups (broad SMARTS) is 1. The zero-order chi connectivity index (χ0) is 30.6. The highest BCUT2D eigenvalue weighted by atomic mass is 19.1. The minimum atomic E-state index is -1.37. The van der Waals surface area contributed by atoms with Crippen LogP contribution in [0.2, 0.25) is 0 Å². The molecule has 0 aliphatic heterocycles. The fourth-order valence-electron chi connectivity index (χ4n) is 4.52. The smallest absolute Gasteiger partial charge is 0.337 e. The third-order valence-corrected chi connectivity index (χ3v) is 6.28. The number of ether oxygens (including phenoxy) is 2. The Morgan fingerprint density at radius 3 is 2.57 bits per heavy atom. The summed E-state index contributed by atoms with van der Waals surface area (Å²) < 4.78 is 26.8. The highest BCUT2D eigenvalue weighted by Crippen LogP contribution is 2.37. The molecule has 42 heavy (non-hydrogen) atoms. The van der Waals surface area contributed by atoms with Gasteiger partial charge in [0, 0.05) is 41.1 Å². The van der Waals surface area contributed by atoms with Crippen molar-refractivity contribution in [2.75, 3.05) is 6.61 Å². The molecule has 1 unspecified atom stereocenters. The van der Waals surface area contributed by atoms with Gasteiger partial charge in [0.1, 0.15) is 18.2 Å². The largest absolute Gasteiger partial charge is 0.489 e. The second kappa shape index (κ2) is 12.4. The normalized spacial score (nSPS) is 12.1. The lowest BCUT2D eigenvalue weighted by Gasteiger charge is -2.27. The molecule has 0 saturated carbocycles. The molecule has 0 aliphatic carbocycles. The fraction of sp³-hybridized carbons (Fsp3) is 0.250. The summed E-state index contributed by atoms with van der Waals surface area (Å²) in [5, 5.41) is 17.6. The van der Waals surface area contributed by atoms with E-state index in [1.54, 1.807) is 33.8 Å². The van der Waals surface area contributed by atoms with Crippen molar-refractivity contribution in [1.82, 2.24) is 19.9 Å². The maximum atomic E-state index is 13.8. The first-order valence-corrected chi connectivity index (χ1v) is 13.3. The number of carboxylic acids is 1. The molecule has 0 bridgehead atoms. The molecule has 2 aromatic heterocycles. The van der Waals surface area contributed by atoms with E-state index in [1.165, 1.54) is 34.9 Å². The van der Waals surface area contributed by atoms with E-state index in [9.17, 15) is 19.1 Å². The highest BCUT2D eigenvalue weighted by molar-refractivity contribution is 5.94. The molecule has 9 nitrogen and oxygen atoms in total. The molecular formula is C32H33FN4O5. The molecule has 4 rings (SSSR count). The second-order valence-electron chi connectivity index (χ2n) is 10.5. The van der Waals surface area contributed by atoms with Crippen molar-refractivity contribution < 1.29 is 28.6 Å². The van der Waals surface area contributed by atoms with Gasteiger partial charge in [-0.3, -0.25) is 4.79 Å². The number of carbonyl (C=O) groups excluding carboxylic acids is 1. The zero-order valence-corrected chi connectivity index (χ0v) is 24.0. The molecule has 0 fully saturated rings. The third kappa shape index (κ3) is 6.55. The Morgan fingerprint density at radius 1 is 1.17 bits per heavy atom. The first-order chi connectivity index (χ1) is 19.9. The number of rotatable bonds is 11. The number of halogens is 1. The van der Waals surface area contributed by atoms with E-state index in [1.807, 2.05) is 24.3 Å². The lowest BCUT2D eigenvalue weighted by Crippen LogP contribution is -2.29. The van der Waals surface area contributed by atoms with Gasteiger partial charge in [0.15, 0.2) is 17.4 Å². The molecule has 1 atom stereocenters. The number of hydrogen-bond acceptors (Lipinski definition) is 6. The Morgan fingerprint density at radius 2 is 1.90 bits per heavy atom. The molecule has 0 radical (unpaired) electrons. The van der Waals surface area contributed by atoms with E-state index >= 15 is 0 Å². The van der Waals surface area contributed by atoms with Gasteiger partial charge in [0.2, 0.25) is 0 Å². The number of nitrogens with one attached hydrogen (secondary N) is 1.